The Labute approximate surface area is 203 Å². The first kappa shape index (κ1) is 22.2. The zero-order chi connectivity index (χ0) is 23.9. The Balaban J connectivity index is 1.30. The summed E-state index contributed by atoms with van der Waals surface area (Å²) in [5.74, 6) is 5.49. The molecule has 0 bridgehead atoms. The highest BCUT2D eigenvalue weighted by atomic mass is 32.2. The molecule has 0 aliphatic heterocycles. The quantitative estimate of drug-likeness (QED) is 0.327. The Morgan fingerprint density at radius 2 is 1.97 bits per heavy atom. The van der Waals surface area contributed by atoms with E-state index in [1.54, 1.807) is 13.8 Å². The summed E-state index contributed by atoms with van der Waals surface area (Å²) in [7, 11) is 0. The van der Waals surface area contributed by atoms with E-state index >= 15 is 0 Å². The minimum Gasteiger partial charge on any atom is -0.481 e. The van der Waals surface area contributed by atoms with Crippen molar-refractivity contribution in [2.75, 3.05) is 5.32 Å². The predicted molar refractivity (Wildman–Crippen MR) is 130 cm³/mol. The second-order valence-corrected chi connectivity index (χ2v) is 10.5. The van der Waals surface area contributed by atoms with Gasteiger partial charge in [-0.25, -0.2) is 4.79 Å². The van der Waals surface area contributed by atoms with Crippen LogP contribution >= 0.6 is 22.7 Å². The molecular weight excluding hydrogens is 472 g/mol. The topological polar surface area (TPSA) is 102 Å². The van der Waals surface area contributed by atoms with Gasteiger partial charge in [-0.1, -0.05) is 35.5 Å². The third-order valence-corrected chi connectivity index (χ3v) is 8.30. The number of thiophene rings is 2. The molecule has 4 aromatic rings. The number of anilines is 1. The lowest BCUT2D eigenvalue weighted by atomic mass is 10.1. The van der Waals surface area contributed by atoms with Gasteiger partial charge in [-0.3, -0.25) is 10.1 Å². The van der Waals surface area contributed by atoms with Crippen molar-refractivity contribution >= 4 is 49.8 Å². The molecule has 1 unspecified atom stereocenters. The van der Waals surface area contributed by atoms with Crippen LogP contribution in [0.3, 0.4) is 0 Å². The number of aryl methyl sites for hydroxylation is 1. The Morgan fingerprint density at radius 3 is 2.65 bits per heavy atom. The number of ether oxygens (including phenoxy) is 1. The molecule has 5 rings (SSSR count). The number of benzene rings is 1. The normalized spacial score (nSPS) is 14.8. The average Bonchev–Trinajstić information content (AvgIpc) is 3.26. The van der Waals surface area contributed by atoms with Crippen LogP contribution in [-0.4, -0.2) is 22.3 Å². The van der Waals surface area contributed by atoms with Gasteiger partial charge in [0.2, 0.25) is 5.76 Å². The van der Waals surface area contributed by atoms with Crippen molar-refractivity contribution in [2.45, 2.75) is 38.2 Å². The van der Waals surface area contributed by atoms with Crippen LogP contribution in [0.5, 0.6) is 0 Å². The molecule has 0 spiro atoms. The number of aliphatic carboxylic acids is 1. The zero-order valence-electron chi connectivity index (χ0n) is 18.4. The SMILES string of the molecule is Cc1noc(C#Cc2cc3cc(C4(C(=O)O)CC4)sc3s2)c1NC(=O)OC(C)c1ccccc1. The molecule has 0 radical (unpaired) electrons. The van der Waals surface area contributed by atoms with E-state index in [1.807, 2.05) is 42.5 Å². The lowest BCUT2D eigenvalue weighted by molar-refractivity contribution is -0.139. The molecule has 1 aliphatic carbocycles. The van der Waals surface area contributed by atoms with E-state index in [4.69, 9.17) is 9.26 Å². The Kier molecular flexibility index (Phi) is 5.63. The van der Waals surface area contributed by atoms with Crippen molar-refractivity contribution in [3.8, 4) is 11.8 Å². The number of hydrogen-bond donors (Lipinski definition) is 2. The fourth-order valence-electron chi connectivity index (χ4n) is 3.63. The van der Waals surface area contributed by atoms with Crippen LogP contribution in [0, 0.1) is 18.8 Å². The number of amides is 1. The van der Waals surface area contributed by atoms with Gasteiger partial charge in [-0.2, -0.15) is 0 Å². The van der Waals surface area contributed by atoms with E-state index in [1.165, 1.54) is 22.7 Å². The van der Waals surface area contributed by atoms with Gasteiger partial charge in [0.15, 0.2) is 0 Å². The van der Waals surface area contributed by atoms with Gasteiger partial charge in [0.1, 0.15) is 22.9 Å². The maximum absolute atomic E-state index is 12.4. The fraction of sp³-hybridized carbons (Fsp3) is 0.240. The standard InChI is InChI=1S/C25H20N2O5S2/c1-14-21(26-24(30)31-15(2)16-6-4-3-5-7-16)19(32-27-14)9-8-18-12-17-13-20(34-22(17)33-18)25(10-11-25)23(28)29/h3-7,12-13,15H,10-11H2,1-2H3,(H,26,30)(H,28,29). The number of nitrogens with one attached hydrogen (secondary N) is 1. The lowest BCUT2D eigenvalue weighted by Gasteiger charge is -2.13. The summed E-state index contributed by atoms with van der Waals surface area (Å²) in [6.45, 7) is 3.51. The van der Waals surface area contributed by atoms with Crippen LogP contribution in [-0.2, 0) is 14.9 Å². The number of hydrogen-bond acceptors (Lipinski definition) is 7. The number of carboxylic acid groups (broad SMARTS) is 1. The van der Waals surface area contributed by atoms with Crippen molar-refractivity contribution in [1.82, 2.24) is 5.16 Å². The molecule has 172 valence electrons. The van der Waals surface area contributed by atoms with Gasteiger partial charge >= 0.3 is 12.1 Å². The first-order chi connectivity index (χ1) is 16.4. The van der Waals surface area contributed by atoms with Gasteiger partial charge in [0, 0.05) is 10.3 Å². The summed E-state index contributed by atoms with van der Waals surface area (Å²) >= 11 is 3.02. The molecular formula is C25H20N2O5S2. The van der Waals surface area contributed by atoms with E-state index in [2.05, 4.69) is 22.3 Å². The average molecular weight is 493 g/mol. The zero-order valence-corrected chi connectivity index (χ0v) is 20.0. The summed E-state index contributed by atoms with van der Waals surface area (Å²) < 4.78 is 11.8. The van der Waals surface area contributed by atoms with Crippen LogP contribution in [0.1, 0.15) is 52.6 Å². The van der Waals surface area contributed by atoms with Crippen LogP contribution in [0.25, 0.3) is 9.40 Å². The van der Waals surface area contributed by atoms with Crippen LogP contribution < -0.4 is 5.32 Å². The summed E-state index contributed by atoms with van der Waals surface area (Å²) in [5, 5.41) is 17.1. The largest absolute Gasteiger partial charge is 0.481 e. The number of carbonyl (C=O) groups is 2. The van der Waals surface area contributed by atoms with Crippen molar-refractivity contribution in [1.29, 1.82) is 0 Å². The summed E-state index contributed by atoms with van der Waals surface area (Å²) in [5.41, 5.74) is 1.06. The van der Waals surface area contributed by atoms with Crippen LogP contribution in [0.2, 0.25) is 0 Å². The number of carboxylic acids is 1. The third kappa shape index (κ3) is 4.18. The van der Waals surface area contributed by atoms with Gasteiger partial charge in [-0.05, 0) is 56.2 Å². The second-order valence-electron chi connectivity index (χ2n) is 8.16. The van der Waals surface area contributed by atoms with Gasteiger partial charge in [0.05, 0.1) is 8.89 Å². The first-order valence-corrected chi connectivity index (χ1v) is 12.3. The highest BCUT2D eigenvalue weighted by Gasteiger charge is 2.53. The highest BCUT2D eigenvalue weighted by molar-refractivity contribution is 7.38. The minimum absolute atomic E-state index is 0.238. The molecule has 1 aliphatic rings. The lowest BCUT2D eigenvalue weighted by Crippen LogP contribution is -2.17. The monoisotopic (exact) mass is 492 g/mol. The molecule has 3 heterocycles. The molecule has 7 nitrogen and oxygen atoms in total. The van der Waals surface area contributed by atoms with Gasteiger partial charge in [0.25, 0.3) is 0 Å². The van der Waals surface area contributed by atoms with E-state index in [9.17, 15) is 14.7 Å². The number of rotatable bonds is 5. The molecule has 1 fully saturated rings. The van der Waals surface area contributed by atoms with Crippen molar-refractivity contribution in [2.24, 2.45) is 0 Å². The molecule has 34 heavy (non-hydrogen) atoms. The van der Waals surface area contributed by atoms with Crippen molar-refractivity contribution in [3.63, 3.8) is 0 Å². The molecule has 1 saturated carbocycles. The maximum Gasteiger partial charge on any atom is 0.412 e. The Bertz CT molecular complexity index is 1420. The molecule has 9 heteroatoms. The molecule has 3 aromatic heterocycles. The fourth-order valence-corrected chi connectivity index (χ4v) is 6.17. The summed E-state index contributed by atoms with van der Waals surface area (Å²) in [6.07, 6.45) is 0.337. The molecule has 2 N–H and O–H groups in total. The third-order valence-electron chi connectivity index (χ3n) is 5.79. The molecule has 1 aromatic carbocycles. The maximum atomic E-state index is 12.4. The number of nitrogens with zero attached hydrogens (tertiary/aromatic N) is 1. The van der Waals surface area contributed by atoms with E-state index in [0.717, 1.165) is 24.7 Å². The van der Waals surface area contributed by atoms with E-state index in [-0.39, 0.29) is 5.76 Å². The smallest absolute Gasteiger partial charge is 0.412 e. The minimum atomic E-state index is -0.751. The number of fused-ring (bicyclic) bond motifs is 1. The van der Waals surface area contributed by atoms with E-state index < -0.39 is 23.6 Å². The molecule has 1 amide bonds. The summed E-state index contributed by atoms with van der Waals surface area (Å²) in [4.78, 5) is 25.7. The Hall–Kier alpha value is -3.61. The number of carbonyl (C=O) groups excluding carboxylic acids is 1. The first-order valence-electron chi connectivity index (χ1n) is 10.6. The van der Waals surface area contributed by atoms with Crippen molar-refractivity contribution in [3.05, 3.63) is 69.2 Å². The number of aromatic nitrogens is 1. The van der Waals surface area contributed by atoms with Gasteiger partial charge in [-0.15, -0.1) is 22.7 Å². The van der Waals surface area contributed by atoms with Crippen LogP contribution in [0.4, 0.5) is 10.5 Å². The Morgan fingerprint density at radius 1 is 1.21 bits per heavy atom. The predicted octanol–water partition coefficient (Wildman–Crippen LogP) is 6.08. The summed E-state index contributed by atoms with van der Waals surface area (Å²) in [6, 6.07) is 13.3. The van der Waals surface area contributed by atoms with Gasteiger partial charge < -0.3 is 14.4 Å². The molecule has 0 saturated heterocycles. The molecule has 1 atom stereocenters. The van der Waals surface area contributed by atoms with Crippen LogP contribution in [0.15, 0.2) is 47.0 Å². The second kappa shape index (κ2) is 8.63. The highest BCUT2D eigenvalue weighted by Crippen LogP contribution is 2.52. The van der Waals surface area contributed by atoms with Crippen molar-refractivity contribution < 1.29 is 24.0 Å². The van der Waals surface area contributed by atoms with E-state index in [0.29, 0.717) is 24.2 Å².